The van der Waals surface area contributed by atoms with Gasteiger partial charge in [0, 0.05) is 14.3 Å². The zero-order chi connectivity index (χ0) is 11.5. The van der Waals surface area contributed by atoms with Crippen LogP contribution in [0.15, 0.2) is 41.0 Å². The second kappa shape index (κ2) is 5.10. The van der Waals surface area contributed by atoms with Crippen LogP contribution in [0.5, 0.6) is 0 Å². The first-order chi connectivity index (χ1) is 7.66. The Hall–Kier alpha value is -0.680. The Morgan fingerprint density at radius 3 is 2.81 bits per heavy atom. The summed E-state index contributed by atoms with van der Waals surface area (Å²) in [4.78, 5) is 0. The molecule has 0 aliphatic rings. The molecule has 16 heavy (non-hydrogen) atoms. The Morgan fingerprint density at radius 1 is 1.38 bits per heavy atom. The van der Waals surface area contributed by atoms with Crippen molar-refractivity contribution in [3.05, 3.63) is 50.9 Å². The molecule has 0 fully saturated rings. The molecule has 1 atom stereocenters. The van der Waals surface area contributed by atoms with Crippen LogP contribution in [0, 0.1) is 3.57 Å². The average molecular weight is 348 g/mol. The van der Waals surface area contributed by atoms with E-state index in [1.165, 1.54) is 0 Å². The predicted molar refractivity (Wildman–Crippen MR) is 74.9 cm³/mol. The van der Waals surface area contributed by atoms with Gasteiger partial charge >= 0.3 is 0 Å². The number of anilines is 1. The third kappa shape index (κ3) is 2.71. The molecule has 0 aliphatic heterocycles. The van der Waals surface area contributed by atoms with E-state index in [9.17, 15) is 0 Å². The summed E-state index contributed by atoms with van der Waals surface area (Å²) in [5.74, 6) is 0.922. The first-order valence-corrected chi connectivity index (χ1v) is 6.37. The maximum Gasteiger partial charge on any atom is 0.125 e. The lowest BCUT2D eigenvalue weighted by molar-refractivity contribution is 0.490. The van der Waals surface area contributed by atoms with Crippen LogP contribution in [0.4, 0.5) is 5.69 Å². The SMILES string of the molecule is CC(Nc1ccc(Cl)cc1I)c1ccco1. The molecular weight excluding hydrogens is 336 g/mol. The molecule has 0 saturated heterocycles. The van der Waals surface area contributed by atoms with Gasteiger partial charge in [-0.05, 0) is 59.8 Å². The zero-order valence-electron chi connectivity index (χ0n) is 8.71. The van der Waals surface area contributed by atoms with E-state index in [-0.39, 0.29) is 6.04 Å². The van der Waals surface area contributed by atoms with Crippen molar-refractivity contribution in [3.8, 4) is 0 Å². The smallest absolute Gasteiger partial charge is 0.125 e. The van der Waals surface area contributed by atoms with Crippen LogP contribution in [0.3, 0.4) is 0 Å². The van der Waals surface area contributed by atoms with Gasteiger partial charge < -0.3 is 9.73 Å². The minimum absolute atomic E-state index is 0.143. The normalized spacial score (nSPS) is 12.4. The fourth-order valence-corrected chi connectivity index (χ4v) is 2.48. The number of hydrogen-bond donors (Lipinski definition) is 1. The van der Waals surface area contributed by atoms with Gasteiger partial charge in [0.1, 0.15) is 5.76 Å². The van der Waals surface area contributed by atoms with Gasteiger partial charge in [-0.3, -0.25) is 0 Å². The lowest BCUT2D eigenvalue weighted by Crippen LogP contribution is -2.06. The van der Waals surface area contributed by atoms with E-state index in [1.54, 1.807) is 6.26 Å². The Kier molecular flexibility index (Phi) is 3.76. The summed E-state index contributed by atoms with van der Waals surface area (Å²) in [6.07, 6.45) is 1.68. The first kappa shape index (κ1) is 11.8. The zero-order valence-corrected chi connectivity index (χ0v) is 11.6. The Balaban J connectivity index is 2.15. The topological polar surface area (TPSA) is 25.2 Å². The predicted octanol–water partition coefficient (Wildman–Crippen LogP) is 4.71. The maximum atomic E-state index is 5.90. The highest BCUT2D eigenvalue weighted by Gasteiger charge is 2.09. The number of rotatable bonds is 3. The second-order valence-electron chi connectivity index (χ2n) is 3.51. The van der Waals surface area contributed by atoms with Gasteiger partial charge in [0.25, 0.3) is 0 Å². The Labute approximate surface area is 113 Å². The van der Waals surface area contributed by atoms with E-state index in [1.807, 2.05) is 30.3 Å². The van der Waals surface area contributed by atoms with Gasteiger partial charge in [0.2, 0.25) is 0 Å². The number of halogens is 2. The highest BCUT2D eigenvalue weighted by molar-refractivity contribution is 14.1. The number of nitrogens with one attached hydrogen (secondary N) is 1. The van der Waals surface area contributed by atoms with E-state index in [0.29, 0.717) is 0 Å². The largest absolute Gasteiger partial charge is 0.467 e. The summed E-state index contributed by atoms with van der Waals surface area (Å²) in [5, 5.41) is 4.13. The molecule has 0 saturated carbocycles. The fourth-order valence-electron chi connectivity index (χ4n) is 1.45. The molecule has 0 amide bonds. The molecule has 0 bridgehead atoms. The highest BCUT2D eigenvalue weighted by atomic mass is 127. The molecule has 4 heteroatoms. The fraction of sp³-hybridized carbons (Fsp3) is 0.167. The van der Waals surface area contributed by atoms with E-state index in [2.05, 4.69) is 34.8 Å². The van der Waals surface area contributed by atoms with Gasteiger partial charge in [-0.15, -0.1) is 0 Å². The molecule has 2 nitrogen and oxygen atoms in total. The number of furan rings is 1. The van der Waals surface area contributed by atoms with Crippen LogP contribution in [0.25, 0.3) is 0 Å². The second-order valence-corrected chi connectivity index (χ2v) is 5.10. The molecule has 1 unspecified atom stereocenters. The Bertz CT molecular complexity index is 470. The van der Waals surface area contributed by atoms with Gasteiger partial charge in [0.05, 0.1) is 12.3 Å². The van der Waals surface area contributed by atoms with Crippen LogP contribution < -0.4 is 5.32 Å². The van der Waals surface area contributed by atoms with E-state index < -0.39 is 0 Å². The third-order valence-corrected chi connectivity index (χ3v) is 3.40. The number of hydrogen-bond acceptors (Lipinski definition) is 2. The van der Waals surface area contributed by atoms with Crippen LogP contribution in [-0.4, -0.2) is 0 Å². The standard InChI is InChI=1S/C12H11ClINO/c1-8(12-3-2-6-16-12)15-11-5-4-9(13)7-10(11)14/h2-8,15H,1H3. The lowest BCUT2D eigenvalue weighted by atomic mass is 10.2. The van der Waals surface area contributed by atoms with Crippen molar-refractivity contribution >= 4 is 39.9 Å². The van der Waals surface area contributed by atoms with E-state index in [4.69, 9.17) is 16.0 Å². The monoisotopic (exact) mass is 347 g/mol. The summed E-state index contributed by atoms with van der Waals surface area (Å²) in [6.45, 7) is 2.06. The van der Waals surface area contributed by atoms with Crippen molar-refractivity contribution in [1.82, 2.24) is 0 Å². The summed E-state index contributed by atoms with van der Waals surface area (Å²) < 4.78 is 6.44. The average Bonchev–Trinajstić information content (AvgIpc) is 2.75. The molecule has 0 aliphatic carbocycles. The van der Waals surface area contributed by atoms with Crippen LogP contribution in [0.1, 0.15) is 18.7 Å². The lowest BCUT2D eigenvalue weighted by Gasteiger charge is -2.14. The van der Waals surface area contributed by atoms with Gasteiger partial charge in [0.15, 0.2) is 0 Å². The molecule has 1 N–H and O–H groups in total. The van der Waals surface area contributed by atoms with Crippen LogP contribution in [0.2, 0.25) is 5.02 Å². The van der Waals surface area contributed by atoms with Crippen molar-refractivity contribution in [3.63, 3.8) is 0 Å². The first-order valence-electron chi connectivity index (χ1n) is 4.92. The van der Waals surface area contributed by atoms with Crippen molar-refractivity contribution in [1.29, 1.82) is 0 Å². The molecule has 1 aromatic heterocycles. The van der Waals surface area contributed by atoms with Crippen molar-refractivity contribution < 1.29 is 4.42 Å². The molecule has 0 spiro atoms. The Morgan fingerprint density at radius 2 is 2.19 bits per heavy atom. The van der Waals surface area contributed by atoms with Crippen molar-refractivity contribution in [2.75, 3.05) is 5.32 Å². The van der Waals surface area contributed by atoms with Crippen LogP contribution >= 0.6 is 34.2 Å². The molecule has 84 valence electrons. The highest BCUT2D eigenvalue weighted by Crippen LogP contribution is 2.26. The molecule has 2 aromatic rings. The third-order valence-electron chi connectivity index (χ3n) is 2.27. The molecular formula is C12H11ClINO. The quantitative estimate of drug-likeness (QED) is 0.813. The molecule has 2 rings (SSSR count). The van der Waals surface area contributed by atoms with Crippen LogP contribution in [-0.2, 0) is 0 Å². The summed E-state index contributed by atoms with van der Waals surface area (Å²) in [7, 11) is 0. The van der Waals surface area contributed by atoms with Crippen molar-refractivity contribution in [2.24, 2.45) is 0 Å². The minimum atomic E-state index is 0.143. The minimum Gasteiger partial charge on any atom is -0.467 e. The number of benzene rings is 1. The molecule has 1 aromatic carbocycles. The van der Waals surface area contributed by atoms with E-state index >= 15 is 0 Å². The van der Waals surface area contributed by atoms with E-state index in [0.717, 1.165) is 20.0 Å². The van der Waals surface area contributed by atoms with Gasteiger partial charge in [-0.2, -0.15) is 0 Å². The van der Waals surface area contributed by atoms with Gasteiger partial charge in [-0.1, -0.05) is 11.6 Å². The summed E-state index contributed by atoms with van der Waals surface area (Å²) in [5.41, 5.74) is 1.06. The maximum absolute atomic E-state index is 5.90. The summed E-state index contributed by atoms with van der Waals surface area (Å²) >= 11 is 8.16. The molecule has 1 heterocycles. The summed E-state index contributed by atoms with van der Waals surface area (Å²) in [6, 6.07) is 9.77. The molecule has 0 radical (unpaired) electrons. The van der Waals surface area contributed by atoms with Gasteiger partial charge in [-0.25, -0.2) is 0 Å². The van der Waals surface area contributed by atoms with Crippen molar-refractivity contribution in [2.45, 2.75) is 13.0 Å².